The van der Waals surface area contributed by atoms with Crippen LogP contribution in [-0.4, -0.2) is 51.2 Å². The number of pyridine rings is 1. The van der Waals surface area contributed by atoms with Crippen molar-refractivity contribution in [3.05, 3.63) is 59.1 Å². The Morgan fingerprint density at radius 2 is 1.21 bits per heavy atom. The van der Waals surface area contributed by atoms with E-state index in [0.717, 1.165) is 27.4 Å². The lowest BCUT2D eigenvalue weighted by atomic mass is 9.97. The maximum absolute atomic E-state index is 14.0. The minimum Gasteiger partial charge on any atom is -0.493 e. The molecular formula is C38H41NO9. The Balaban J connectivity index is 1.86. The molecule has 0 atom stereocenters. The van der Waals surface area contributed by atoms with Gasteiger partial charge in [0.1, 0.15) is 11.1 Å². The minimum absolute atomic E-state index is 0.0602. The lowest BCUT2D eigenvalue weighted by Gasteiger charge is -2.19. The summed E-state index contributed by atoms with van der Waals surface area (Å²) in [6, 6.07) is 13.2. The standard InChI is InChI=1S/C38H41NO9/c1-19(2)45-26-12-11-22(15-28(26)41-7)32-33-25-17-29(42-8)30(46-20(3)4)18-27(25)48-38(40)35(33)39-14-13-23-24(34(32)39)16-31(43-9)37(44-10)36(23)47-21(5)6/h11-21H,1-10H3. The molecule has 6 aromatic rings. The molecule has 0 unspecified atom stereocenters. The molecule has 0 saturated carbocycles. The van der Waals surface area contributed by atoms with E-state index in [1.807, 2.05) is 88.5 Å². The molecule has 48 heavy (non-hydrogen) atoms. The molecule has 10 nitrogen and oxygen atoms in total. The Labute approximate surface area is 278 Å². The van der Waals surface area contributed by atoms with Crippen LogP contribution in [0.15, 0.2) is 57.9 Å². The normalized spacial score (nSPS) is 11.8. The Morgan fingerprint density at radius 1 is 0.583 bits per heavy atom. The van der Waals surface area contributed by atoms with Gasteiger partial charge in [0.15, 0.2) is 34.5 Å². The van der Waals surface area contributed by atoms with E-state index in [4.69, 9.17) is 37.6 Å². The van der Waals surface area contributed by atoms with Gasteiger partial charge in [0.25, 0.3) is 0 Å². The van der Waals surface area contributed by atoms with E-state index < -0.39 is 5.63 Å². The number of ether oxygens (including phenoxy) is 7. The molecule has 3 heterocycles. The molecule has 0 amide bonds. The van der Waals surface area contributed by atoms with Crippen molar-refractivity contribution in [3.63, 3.8) is 0 Å². The Bertz CT molecular complexity index is 2230. The average Bonchev–Trinajstić information content (AvgIpc) is 3.40. The number of nitrogens with zero attached hydrogens (tertiary/aromatic N) is 1. The molecule has 0 saturated heterocycles. The van der Waals surface area contributed by atoms with E-state index in [9.17, 15) is 4.79 Å². The second-order valence-electron chi connectivity index (χ2n) is 12.3. The largest absolute Gasteiger partial charge is 0.493 e. The first kappa shape index (κ1) is 32.7. The van der Waals surface area contributed by atoms with E-state index in [-0.39, 0.29) is 18.3 Å². The zero-order valence-corrected chi connectivity index (χ0v) is 29.0. The van der Waals surface area contributed by atoms with Crippen LogP contribution in [-0.2, 0) is 0 Å². The summed E-state index contributed by atoms with van der Waals surface area (Å²) in [5.74, 6) is 3.64. The fourth-order valence-electron chi connectivity index (χ4n) is 6.23. The third-order valence-electron chi connectivity index (χ3n) is 7.98. The molecular weight excluding hydrogens is 614 g/mol. The third-order valence-corrected chi connectivity index (χ3v) is 7.98. The molecule has 6 rings (SSSR count). The van der Waals surface area contributed by atoms with Gasteiger partial charge in [0.05, 0.1) is 52.3 Å². The number of aromatic nitrogens is 1. The van der Waals surface area contributed by atoms with Crippen LogP contribution < -0.4 is 38.8 Å². The van der Waals surface area contributed by atoms with Crippen molar-refractivity contribution in [3.8, 4) is 51.4 Å². The third kappa shape index (κ3) is 5.44. The maximum atomic E-state index is 14.0. The molecule has 0 aliphatic rings. The van der Waals surface area contributed by atoms with E-state index >= 15 is 0 Å². The Hall–Kier alpha value is -5.25. The maximum Gasteiger partial charge on any atom is 0.361 e. The van der Waals surface area contributed by atoms with Gasteiger partial charge < -0.3 is 42.0 Å². The highest BCUT2D eigenvalue weighted by molar-refractivity contribution is 6.22. The van der Waals surface area contributed by atoms with Crippen molar-refractivity contribution in [2.24, 2.45) is 0 Å². The zero-order valence-electron chi connectivity index (χ0n) is 29.0. The number of rotatable bonds is 11. The van der Waals surface area contributed by atoms with Gasteiger partial charge >= 0.3 is 5.63 Å². The summed E-state index contributed by atoms with van der Waals surface area (Å²) < 4.78 is 49.5. The Kier molecular flexibility index (Phi) is 8.68. The molecule has 3 aromatic heterocycles. The van der Waals surface area contributed by atoms with E-state index in [1.165, 1.54) is 0 Å². The van der Waals surface area contributed by atoms with Crippen molar-refractivity contribution >= 4 is 38.2 Å². The number of hydrogen-bond donors (Lipinski definition) is 0. The van der Waals surface area contributed by atoms with Gasteiger partial charge in [-0.2, -0.15) is 0 Å². The van der Waals surface area contributed by atoms with Crippen molar-refractivity contribution in [1.82, 2.24) is 4.40 Å². The summed E-state index contributed by atoms with van der Waals surface area (Å²) in [7, 11) is 6.36. The summed E-state index contributed by atoms with van der Waals surface area (Å²) in [4.78, 5) is 14.0. The lowest BCUT2D eigenvalue weighted by molar-refractivity contribution is 0.229. The van der Waals surface area contributed by atoms with Crippen LogP contribution in [0.5, 0.6) is 40.2 Å². The molecule has 0 fully saturated rings. The van der Waals surface area contributed by atoms with E-state index in [2.05, 4.69) is 0 Å². The summed E-state index contributed by atoms with van der Waals surface area (Å²) in [6.45, 7) is 11.7. The van der Waals surface area contributed by atoms with Crippen molar-refractivity contribution in [1.29, 1.82) is 0 Å². The number of benzene rings is 3. The first-order chi connectivity index (χ1) is 23.0. The first-order valence-corrected chi connectivity index (χ1v) is 15.9. The first-order valence-electron chi connectivity index (χ1n) is 15.9. The quantitative estimate of drug-likeness (QED) is 0.127. The second kappa shape index (κ2) is 12.7. The van der Waals surface area contributed by atoms with Crippen molar-refractivity contribution < 1.29 is 37.6 Å². The molecule has 0 aliphatic carbocycles. The number of fused-ring (bicyclic) bond motifs is 7. The predicted octanol–water partition coefficient (Wildman–Crippen LogP) is 8.42. The predicted molar refractivity (Wildman–Crippen MR) is 187 cm³/mol. The molecule has 10 heteroatoms. The molecule has 0 spiro atoms. The van der Waals surface area contributed by atoms with Crippen LogP contribution in [0.1, 0.15) is 41.5 Å². The van der Waals surface area contributed by atoms with Crippen LogP contribution >= 0.6 is 0 Å². The molecule has 0 bridgehead atoms. The highest BCUT2D eigenvalue weighted by Crippen LogP contribution is 2.50. The minimum atomic E-state index is -0.510. The number of hydrogen-bond acceptors (Lipinski definition) is 9. The summed E-state index contributed by atoms with van der Waals surface area (Å²) in [6.07, 6.45) is 1.51. The van der Waals surface area contributed by atoms with Crippen LogP contribution in [0.3, 0.4) is 0 Å². The molecule has 252 valence electrons. The van der Waals surface area contributed by atoms with Gasteiger partial charge in [-0.25, -0.2) is 4.79 Å². The number of methoxy groups -OCH3 is 4. The highest BCUT2D eigenvalue weighted by atomic mass is 16.5. The monoisotopic (exact) mass is 655 g/mol. The van der Waals surface area contributed by atoms with Gasteiger partial charge in [0, 0.05) is 39.4 Å². The van der Waals surface area contributed by atoms with Gasteiger partial charge in [-0.05, 0) is 77.4 Å². The summed E-state index contributed by atoms with van der Waals surface area (Å²) >= 11 is 0. The zero-order chi connectivity index (χ0) is 34.4. The topological polar surface area (TPSA) is 99.2 Å². The molecule has 3 aromatic carbocycles. The smallest absolute Gasteiger partial charge is 0.361 e. The second-order valence-corrected chi connectivity index (χ2v) is 12.3. The van der Waals surface area contributed by atoms with E-state index in [0.29, 0.717) is 62.1 Å². The van der Waals surface area contributed by atoms with E-state index in [1.54, 1.807) is 34.5 Å². The van der Waals surface area contributed by atoms with Crippen LogP contribution in [0, 0.1) is 0 Å². The average molecular weight is 656 g/mol. The van der Waals surface area contributed by atoms with Gasteiger partial charge in [-0.3, -0.25) is 0 Å². The highest BCUT2D eigenvalue weighted by Gasteiger charge is 2.27. The SMILES string of the molecule is COc1cc(-c2c3c4cc(OC)c(OC(C)C)cc4oc(=O)c3n3ccc4c(OC(C)C)c(OC)c(OC)cc4c23)ccc1OC(C)C. The molecule has 0 aliphatic heterocycles. The van der Waals surface area contributed by atoms with Crippen LogP contribution in [0.25, 0.3) is 49.3 Å². The van der Waals surface area contributed by atoms with Crippen LogP contribution in [0.4, 0.5) is 0 Å². The van der Waals surface area contributed by atoms with Gasteiger partial charge in [0.2, 0.25) is 5.75 Å². The van der Waals surface area contributed by atoms with Crippen molar-refractivity contribution in [2.75, 3.05) is 28.4 Å². The fourth-order valence-corrected chi connectivity index (χ4v) is 6.23. The lowest BCUT2D eigenvalue weighted by Crippen LogP contribution is -2.08. The van der Waals surface area contributed by atoms with Crippen LogP contribution in [0.2, 0.25) is 0 Å². The fraction of sp³-hybridized carbons (Fsp3) is 0.342. The molecule has 0 radical (unpaired) electrons. The van der Waals surface area contributed by atoms with Gasteiger partial charge in [-0.15, -0.1) is 0 Å². The summed E-state index contributed by atoms with van der Waals surface area (Å²) in [5, 5.41) is 2.90. The van der Waals surface area contributed by atoms with Crippen molar-refractivity contribution in [2.45, 2.75) is 59.9 Å². The summed E-state index contributed by atoms with van der Waals surface area (Å²) in [5.41, 5.74) is 2.50. The van der Waals surface area contributed by atoms with Gasteiger partial charge in [-0.1, -0.05) is 6.07 Å². The molecule has 0 N–H and O–H groups in total. The Morgan fingerprint density at radius 3 is 1.83 bits per heavy atom.